The zero-order valence-corrected chi connectivity index (χ0v) is 19.9. The molecule has 0 bridgehead atoms. The van der Waals surface area contributed by atoms with Gasteiger partial charge in [0.25, 0.3) is 5.91 Å². The van der Waals surface area contributed by atoms with Gasteiger partial charge in [-0.15, -0.1) is 0 Å². The first-order chi connectivity index (χ1) is 16.6. The fourth-order valence-corrected chi connectivity index (χ4v) is 4.89. The van der Waals surface area contributed by atoms with Crippen LogP contribution in [0.4, 0.5) is 0 Å². The maximum absolute atomic E-state index is 12.9. The number of imidazole rings is 1. The molecule has 0 atom stereocenters. The van der Waals surface area contributed by atoms with E-state index in [-0.39, 0.29) is 12.5 Å². The van der Waals surface area contributed by atoms with Crippen LogP contribution in [0.15, 0.2) is 72.8 Å². The molecule has 3 aromatic carbocycles. The molecule has 1 aliphatic heterocycles. The number of likely N-dealkylation sites (tertiary alicyclic amines) is 1. The van der Waals surface area contributed by atoms with Gasteiger partial charge in [-0.2, -0.15) is 0 Å². The number of hydrogen-bond donors (Lipinski definition) is 0. The number of amides is 1. The maximum Gasteiger partial charge on any atom is 0.260 e. The number of nitrogens with zero attached hydrogens (tertiary/aromatic N) is 3. The Balaban J connectivity index is 1.28. The predicted octanol–water partition coefficient (Wildman–Crippen LogP) is 5.49. The highest BCUT2D eigenvalue weighted by Crippen LogP contribution is 2.30. The number of para-hydroxylation sites is 2. The number of benzene rings is 3. The molecule has 4 aromatic rings. The average Bonchev–Trinajstić information content (AvgIpc) is 3.23. The predicted molar refractivity (Wildman–Crippen MR) is 135 cm³/mol. The van der Waals surface area contributed by atoms with Crippen molar-refractivity contribution in [3.63, 3.8) is 0 Å². The summed E-state index contributed by atoms with van der Waals surface area (Å²) in [5.41, 5.74) is 5.73. The molecule has 0 radical (unpaired) electrons. The lowest BCUT2D eigenvalue weighted by molar-refractivity contribution is -0.134. The largest absolute Gasteiger partial charge is 0.483 e. The van der Waals surface area contributed by atoms with Crippen molar-refractivity contribution in [3.8, 4) is 5.75 Å². The molecule has 2 heterocycles. The number of fused-ring (bicyclic) bond motifs is 1. The molecule has 1 saturated heterocycles. The number of hydrogen-bond acceptors (Lipinski definition) is 3. The van der Waals surface area contributed by atoms with E-state index in [2.05, 4.69) is 60.0 Å². The smallest absolute Gasteiger partial charge is 0.260 e. The highest BCUT2D eigenvalue weighted by Gasteiger charge is 2.27. The fraction of sp³-hybridized carbons (Fsp3) is 0.310. The normalized spacial score (nSPS) is 14.5. The van der Waals surface area contributed by atoms with E-state index in [9.17, 15) is 4.79 Å². The Hall–Kier alpha value is -3.60. The molecule has 174 valence electrons. The van der Waals surface area contributed by atoms with Crippen LogP contribution >= 0.6 is 0 Å². The van der Waals surface area contributed by atoms with Crippen LogP contribution in [0, 0.1) is 13.8 Å². The van der Waals surface area contributed by atoms with E-state index in [0.29, 0.717) is 6.04 Å². The number of rotatable bonds is 6. The van der Waals surface area contributed by atoms with Gasteiger partial charge in [-0.25, -0.2) is 4.98 Å². The quantitative estimate of drug-likeness (QED) is 0.388. The average molecular weight is 454 g/mol. The molecule has 0 unspecified atom stereocenters. The third-order valence-corrected chi connectivity index (χ3v) is 6.96. The summed E-state index contributed by atoms with van der Waals surface area (Å²) >= 11 is 0. The van der Waals surface area contributed by atoms with E-state index in [1.807, 2.05) is 36.1 Å². The third kappa shape index (κ3) is 4.56. The van der Waals surface area contributed by atoms with E-state index >= 15 is 0 Å². The molecule has 1 amide bonds. The zero-order valence-electron chi connectivity index (χ0n) is 19.9. The summed E-state index contributed by atoms with van der Waals surface area (Å²) in [6.45, 7) is 5.64. The minimum atomic E-state index is 0.0550. The summed E-state index contributed by atoms with van der Waals surface area (Å²) in [4.78, 5) is 19.8. The van der Waals surface area contributed by atoms with Gasteiger partial charge < -0.3 is 14.2 Å². The van der Waals surface area contributed by atoms with E-state index in [0.717, 1.165) is 55.0 Å². The Bertz CT molecular complexity index is 1290. The van der Waals surface area contributed by atoms with Crippen molar-refractivity contribution >= 4 is 16.9 Å². The van der Waals surface area contributed by atoms with Crippen molar-refractivity contribution in [2.75, 3.05) is 19.7 Å². The SMILES string of the molecule is Cc1cccc(OCC(=O)N2CCC(n3c(Cc4ccccc4)nc4ccccc43)CC2)c1C. The van der Waals surface area contributed by atoms with Gasteiger partial charge in [0.15, 0.2) is 6.61 Å². The van der Waals surface area contributed by atoms with Crippen molar-refractivity contribution < 1.29 is 9.53 Å². The first-order valence-corrected chi connectivity index (χ1v) is 12.1. The van der Waals surface area contributed by atoms with Crippen LogP contribution in [0.1, 0.15) is 41.4 Å². The molecule has 1 aromatic heterocycles. The molecule has 1 fully saturated rings. The molecule has 5 nitrogen and oxygen atoms in total. The maximum atomic E-state index is 12.9. The van der Waals surface area contributed by atoms with Gasteiger partial charge in [0.05, 0.1) is 11.0 Å². The molecule has 1 aliphatic rings. The molecular weight excluding hydrogens is 422 g/mol. The van der Waals surface area contributed by atoms with Crippen molar-refractivity contribution in [3.05, 3.63) is 95.3 Å². The molecule has 0 spiro atoms. The van der Waals surface area contributed by atoms with E-state index < -0.39 is 0 Å². The van der Waals surface area contributed by atoms with E-state index in [1.54, 1.807) is 0 Å². The van der Waals surface area contributed by atoms with Crippen LogP contribution in [0.3, 0.4) is 0 Å². The second kappa shape index (κ2) is 9.72. The van der Waals surface area contributed by atoms with Crippen LogP contribution < -0.4 is 4.74 Å². The number of piperidine rings is 1. The number of carbonyl (C=O) groups is 1. The number of aromatic nitrogens is 2. The van der Waals surface area contributed by atoms with E-state index in [1.165, 1.54) is 16.6 Å². The Morgan fingerprint density at radius 1 is 0.941 bits per heavy atom. The monoisotopic (exact) mass is 453 g/mol. The minimum absolute atomic E-state index is 0.0550. The highest BCUT2D eigenvalue weighted by molar-refractivity contribution is 5.78. The zero-order chi connectivity index (χ0) is 23.5. The van der Waals surface area contributed by atoms with Crippen molar-refractivity contribution in [2.45, 2.75) is 39.2 Å². The number of ether oxygens (including phenoxy) is 1. The molecule has 0 N–H and O–H groups in total. The third-order valence-electron chi connectivity index (χ3n) is 6.96. The Morgan fingerprint density at radius 3 is 2.47 bits per heavy atom. The highest BCUT2D eigenvalue weighted by atomic mass is 16.5. The van der Waals surface area contributed by atoms with Gasteiger partial charge in [-0.05, 0) is 61.6 Å². The topological polar surface area (TPSA) is 47.4 Å². The summed E-state index contributed by atoms with van der Waals surface area (Å²) in [5, 5.41) is 0. The summed E-state index contributed by atoms with van der Waals surface area (Å²) in [7, 11) is 0. The van der Waals surface area contributed by atoms with Gasteiger partial charge in [-0.1, -0.05) is 54.6 Å². The lowest BCUT2D eigenvalue weighted by Crippen LogP contribution is -2.41. The number of carbonyl (C=O) groups excluding carboxylic acids is 1. The second-order valence-electron chi connectivity index (χ2n) is 9.15. The van der Waals surface area contributed by atoms with Gasteiger partial charge in [0.1, 0.15) is 11.6 Å². The minimum Gasteiger partial charge on any atom is -0.483 e. The lowest BCUT2D eigenvalue weighted by atomic mass is 10.0. The van der Waals surface area contributed by atoms with Gasteiger partial charge in [0, 0.05) is 25.6 Å². The van der Waals surface area contributed by atoms with Crippen LogP contribution in [0.25, 0.3) is 11.0 Å². The Labute approximate surface area is 201 Å². The Morgan fingerprint density at radius 2 is 1.68 bits per heavy atom. The standard InChI is InChI=1S/C29H31N3O2/c1-21-9-8-14-27(22(21)2)34-20-29(33)31-17-15-24(16-18-31)32-26-13-7-6-12-25(26)30-28(32)19-23-10-4-3-5-11-23/h3-14,24H,15-20H2,1-2H3. The molecule has 0 saturated carbocycles. The first-order valence-electron chi connectivity index (χ1n) is 12.1. The van der Waals surface area contributed by atoms with Crippen molar-refractivity contribution in [2.24, 2.45) is 0 Å². The van der Waals surface area contributed by atoms with Gasteiger partial charge in [0.2, 0.25) is 0 Å². The second-order valence-corrected chi connectivity index (χ2v) is 9.15. The first kappa shape index (κ1) is 22.2. The van der Waals surface area contributed by atoms with Crippen molar-refractivity contribution in [1.82, 2.24) is 14.5 Å². The summed E-state index contributed by atoms with van der Waals surface area (Å²) in [6, 6.07) is 25.2. The van der Waals surface area contributed by atoms with Crippen LogP contribution in [-0.4, -0.2) is 40.1 Å². The summed E-state index contributed by atoms with van der Waals surface area (Å²) in [6.07, 6.45) is 2.63. The summed E-state index contributed by atoms with van der Waals surface area (Å²) < 4.78 is 8.28. The lowest BCUT2D eigenvalue weighted by Gasteiger charge is -2.33. The fourth-order valence-electron chi connectivity index (χ4n) is 4.89. The molecule has 34 heavy (non-hydrogen) atoms. The van der Waals surface area contributed by atoms with Gasteiger partial charge >= 0.3 is 0 Å². The van der Waals surface area contributed by atoms with Crippen LogP contribution in [0.2, 0.25) is 0 Å². The number of aryl methyl sites for hydroxylation is 1. The van der Waals surface area contributed by atoms with E-state index in [4.69, 9.17) is 9.72 Å². The molecular formula is C29H31N3O2. The molecule has 0 aliphatic carbocycles. The summed E-state index contributed by atoms with van der Waals surface area (Å²) in [5.74, 6) is 1.94. The van der Waals surface area contributed by atoms with Crippen LogP contribution in [0.5, 0.6) is 5.75 Å². The Kier molecular flexibility index (Phi) is 6.35. The van der Waals surface area contributed by atoms with Gasteiger partial charge in [-0.3, -0.25) is 4.79 Å². The molecule has 5 rings (SSSR count). The molecule has 5 heteroatoms. The van der Waals surface area contributed by atoms with Crippen molar-refractivity contribution in [1.29, 1.82) is 0 Å². The van der Waals surface area contributed by atoms with Crippen LogP contribution in [-0.2, 0) is 11.2 Å².